The molecule has 0 bridgehead atoms. The van der Waals surface area contributed by atoms with Crippen molar-refractivity contribution in [2.45, 2.75) is 0 Å². The van der Waals surface area contributed by atoms with Crippen LogP contribution >= 0.6 is 22.6 Å². The fourth-order valence-electron chi connectivity index (χ4n) is 1.66. The molecular formula is C11H11IN2O3. The molecule has 6 heteroatoms. The number of aromatic hydroxyl groups is 1. The van der Waals surface area contributed by atoms with E-state index in [2.05, 4.69) is 27.9 Å². The fourth-order valence-corrected chi connectivity index (χ4v) is 2.15. The van der Waals surface area contributed by atoms with Crippen LogP contribution < -0.4 is 5.32 Å². The highest BCUT2D eigenvalue weighted by molar-refractivity contribution is 14.1. The molecule has 90 valence electrons. The number of benzene rings is 1. The van der Waals surface area contributed by atoms with Crippen LogP contribution in [0.3, 0.4) is 0 Å². The first-order valence-electron chi connectivity index (χ1n) is 5.12. The van der Waals surface area contributed by atoms with E-state index < -0.39 is 0 Å². The molecule has 0 aromatic heterocycles. The number of nitrogens with zero attached hydrogens (tertiary/aromatic N) is 1. The van der Waals surface area contributed by atoms with Crippen molar-refractivity contribution in [1.82, 2.24) is 10.2 Å². The van der Waals surface area contributed by atoms with Crippen LogP contribution in [-0.2, 0) is 4.79 Å². The lowest BCUT2D eigenvalue weighted by Gasteiger charge is -2.26. The predicted molar refractivity (Wildman–Crippen MR) is 69.7 cm³/mol. The van der Waals surface area contributed by atoms with Gasteiger partial charge in [0.15, 0.2) is 0 Å². The van der Waals surface area contributed by atoms with Crippen molar-refractivity contribution in [3.8, 4) is 5.75 Å². The molecule has 5 nitrogen and oxygen atoms in total. The lowest BCUT2D eigenvalue weighted by molar-refractivity contribution is -0.123. The number of nitrogens with one attached hydrogen (secondary N) is 1. The quantitative estimate of drug-likeness (QED) is 0.731. The van der Waals surface area contributed by atoms with Crippen molar-refractivity contribution >= 4 is 34.4 Å². The number of carbonyl (C=O) groups is 2. The number of piperazine rings is 1. The summed E-state index contributed by atoms with van der Waals surface area (Å²) in [5.41, 5.74) is 0.242. The largest absolute Gasteiger partial charge is 0.507 e. The van der Waals surface area contributed by atoms with Crippen LogP contribution in [0, 0.1) is 3.57 Å². The predicted octanol–water partition coefficient (Wildman–Crippen LogP) is 0.569. The third-order valence-electron chi connectivity index (χ3n) is 2.51. The normalized spacial score (nSPS) is 15.6. The molecule has 2 rings (SSSR count). The zero-order valence-corrected chi connectivity index (χ0v) is 11.1. The van der Waals surface area contributed by atoms with Gasteiger partial charge in [-0.05, 0) is 40.8 Å². The van der Waals surface area contributed by atoms with E-state index in [0.717, 1.165) is 3.57 Å². The first-order valence-corrected chi connectivity index (χ1v) is 6.20. The highest BCUT2D eigenvalue weighted by Gasteiger charge is 2.24. The van der Waals surface area contributed by atoms with E-state index in [9.17, 15) is 14.7 Å². The van der Waals surface area contributed by atoms with E-state index in [1.807, 2.05) is 0 Å². The number of carbonyl (C=O) groups excluding carboxylic acids is 2. The van der Waals surface area contributed by atoms with Gasteiger partial charge in [-0.15, -0.1) is 0 Å². The first kappa shape index (κ1) is 12.2. The summed E-state index contributed by atoms with van der Waals surface area (Å²) in [5, 5.41) is 12.3. The number of phenols is 1. The number of amides is 2. The Labute approximate surface area is 112 Å². The molecule has 0 radical (unpaired) electrons. The molecule has 0 spiro atoms. The van der Waals surface area contributed by atoms with E-state index in [4.69, 9.17) is 0 Å². The molecule has 1 aromatic carbocycles. The number of halogens is 1. The summed E-state index contributed by atoms with van der Waals surface area (Å²) in [7, 11) is 0. The molecule has 1 aliphatic rings. The second-order valence-corrected chi connectivity index (χ2v) is 4.98. The van der Waals surface area contributed by atoms with Crippen LogP contribution in [0.4, 0.5) is 0 Å². The molecule has 0 saturated carbocycles. The maximum Gasteiger partial charge on any atom is 0.258 e. The SMILES string of the molecule is O=C1CN(C(=O)c2cc(I)ccc2O)CCN1. The summed E-state index contributed by atoms with van der Waals surface area (Å²) >= 11 is 2.07. The minimum Gasteiger partial charge on any atom is -0.507 e. The standard InChI is InChI=1S/C11H11IN2O3/c12-7-1-2-9(15)8(5-7)11(17)14-4-3-13-10(16)6-14/h1-2,5,15H,3-4,6H2,(H,13,16). The highest BCUT2D eigenvalue weighted by Crippen LogP contribution is 2.21. The maximum atomic E-state index is 12.1. The van der Waals surface area contributed by atoms with E-state index in [1.165, 1.54) is 11.0 Å². The van der Waals surface area contributed by atoms with Gasteiger partial charge in [-0.1, -0.05) is 0 Å². The van der Waals surface area contributed by atoms with E-state index in [1.54, 1.807) is 12.1 Å². The van der Waals surface area contributed by atoms with Gasteiger partial charge in [0.1, 0.15) is 5.75 Å². The topological polar surface area (TPSA) is 69.6 Å². The number of phenolic OH excluding ortho intramolecular Hbond substituents is 1. The lowest BCUT2D eigenvalue weighted by atomic mass is 10.1. The van der Waals surface area contributed by atoms with Gasteiger partial charge < -0.3 is 15.3 Å². The average Bonchev–Trinajstić information content (AvgIpc) is 2.31. The molecule has 0 aliphatic carbocycles. The molecule has 1 aromatic rings. The number of rotatable bonds is 1. The summed E-state index contributed by atoms with van der Waals surface area (Å²) in [6.07, 6.45) is 0. The molecule has 0 atom stereocenters. The van der Waals surface area contributed by atoms with Crippen LogP contribution in [0.15, 0.2) is 18.2 Å². The van der Waals surface area contributed by atoms with Crippen molar-refractivity contribution in [2.75, 3.05) is 19.6 Å². The van der Waals surface area contributed by atoms with Gasteiger partial charge in [-0.25, -0.2) is 0 Å². The van der Waals surface area contributed by atoms with Gasteiger partial charge in [0.05, 0.1) is 12.1 Å². The lowest BCUT2D eigenvalue weighted by Crippen LogP contribution is -2.50. The molecule has 17 heavy (non-hydrogen) atoms. The minimum atomic E-state index is -0.309. The second kappa shape index (κ2) is 4.91. The van der Waals surface area contributed by atoms with Crippen molar-refractivity contribution in [3.63, 3.8) is 0 Å². The Bertz CT molecular complexity index is 476. The van der Waals surface area contributed by atoms with Crippen molar-refractivity contribution in [1.29, 1.82) is 0 Å². The van der Waals surface area contributed by atoms with Crippen molar-refractivity contribution in [3.05, 3.63) is 27.3 Å². The Morgan fingerprint density at radius 1 is 1.47 bits per heavy atom. The monoisotopic (exact) mass is 346 g/mol. The summed E-state index contributed by atoms with van der Waals surface area (Å²) in [5.74, 6) is -0.535. The van der Waals surface area contributed by atoms with Crippen molar-refractivity contribution < 1.29 is 14.7 Å². The third-order valence-corrected chi connectivity index (χ3v) is 3.19. The summed E-state index contributed by atoms with van der Waals surface area (Å²) in [4.78, 5) is 24.7. The summed E-state index contributed by atoms with van der Waals surface area (Å²) in [6.45, 7) is 0.967. The zero-order chi connectivity index (χ0) is 12.4. The first-order chi connectivity index (χ1) is 8.08. The van der Waals surface area contributed by atoms with Crippen LogP contribution in [0.2, 0.25) is 0 Å². The van der Waals surface area contributed by atoms with Gasteiger partial charge in [0, 0.05) is 16.7 Å². The molecule has 1 aliphatic heterocycles. The highest BCUT2D eigenvalue weighted by atomic mass is 127. The van der Waals surface area contributed by atoms with Gasteiger partial charge in [0.2, 0.25) is 5.91 Å². The van der Waals surface area contributed by atoms with Crippen LogP contribution in [0.1, 0.15) is 10.4 Å². The Morgan fingerprint density at radius 3 is 2.94 bits per heavy atom. The Hall–Kier alpha value is -1.31. The summed E-state index contributed by atoms with van der Waals surface area (Å²) < 4.78 is 0.866. The number of hydrogen-bond donors (Lipinski definition) is 2. The van der Waals surface area contributed by atoms with Gasteiger partial charge >= 0.3 is 0 Å². The van der Waals surface area contributed by atoms with Crippen molar-refractivity contribution in [2.24, 2.45) is 0 Å². The molecule has 1 saturated heterocycles. The summed E-state index contributed by atoms with van der Waals surface area (Å²) in [6, 6.07) is 4.82. The zero-order valence-electron chi connectivity index (χ0n) is 8.94. The molecular weight excluding hydrogens is 335 g/mol. The Morgan fingerprint density at radius 2 is 2.24 bits per heavy atom. The molecule has 1 heterocycles. The number of hydrogen-bond acceptors (Lipinski definition) is 3. The Balaban J connectivity index is 2.24. The third kappa shape index (κ3) is 2.68. The van der Waals surface area contributed by atoms with E-state index in [-0.39, 0.29) is 29.7 Å². The fraction of sp³-hybridized carbons (Fsp3) is 0.273. The molecule has 1 fully saturated rings. The van der Waals surface area contributed by atoms with Gasteiger partial charge in [-0.2, -0.15) is 0 Å². The molecule has 2 amide bonds. The average molecular weight is 346 g/mol. The van der Waals surface area contributed by atoms with Gasteiger partial charge in [-0.3, -0.25) is 9.59 Å². The van der Waals surface area contributed by atoms with Crippen LogP contribution in [0.25, 0.3) is 0 Å². The van der Waals surface area contributed by atoms with E-state index >= 15 is 0 Å². The maximum absolute atomic E-state index is 12.1. The van der Waals surface area contributed by atoms with Gasteiger partial charge in [0.25, 0.3) is 5.91 Å². The van der Waals surface area contributed by atoms with Crippen LogP contribution in [-0.4, -0.2) is 41.5 Å². The Kier molecular flexibility index (Phi) is 3.51. The molecule has 0 unspecified atom stereocenters. The minimum absolute atomic E-state index is 0.0454. The van der Waals surface area contributed by atoms with E-state index in [0.29, 0.717) is 13.1 Å². The molecule has 2 N–H and O–H groups in total. The smallest absolute Gasteiger partial charge is 0.258 e. The van der Waals surface area contributed by atoms with Crippen LogP contribution in [0.5, 0.6) is 5.75 Å². The second-order valence-electron chi connectivity index (χ2n) is 3.74.